The number of aliphatic imine (C=N–C) groups is 1. The molecule has 3 aromatic rings. The molecule has 10 heteroatoms. The molecule has 0 unspecified atom stereocenters. The number of fused-ring (bicyclic) bond motifs is 1. The smallest absolute Gasteiger partial charge is 0.432 e. The molecule has 1 atom stereocenters. The molecule has 1 aliphatic rings. The van der Waals surface area contributed by atoms with Crippen molar-refractivity contribution in [2.45, 2.75) is 12.7 Å². The highest BCUT2D eigenvalue weighted by Crippen LogP contribution is 2.35. The Hall–Kier alpha value is -3.27. The van der Waals surface area contributed by atoms with Crippen molar-refractivity contribution in [1.29, 1.82) is 0 Å². The van der Waals surface area contributed by atoms with E-state index in [-0.39, 0.29) is 11.7 Å². The number of carbonyl (C=O) groups is 1. The fraction of sp³-hybridized carbons (Fsp3) is 0.200. The van der Waals surface area contributed by atoms with E-state index in [0.717, 1.165) is 32.8 Å². The van der Waals surface area contributed by atoms with Crippen LogP contribution in [0.15, 0.2) is 58.6 Å². The van der Waals surface area contributed by atoms with Crippen LogP contribution in [0.1, 0.15) is 5.56 Å². The van der Waals surface area contributed by atoms with Gasteiger partial charge in [-0.25, -0.2) is 4.98 Å². The highest BCUT2D eigenvalue weighted by molar-refractivity contribution is 7.22. The van der Waals surface area contributed by atoms with Gasteiger partial charge in [0.05, 0.1) is 23.9 Å². The van der Waals surface area contributed by atoms with Crippen LogP contribution in [0, 0.1) is 5.92 Å². The van der Waals surface area contributed by atoms with Crippen LogP contribution in [0.5, 0.6) is 5.75 Å². The van der Waals surface area contributed by atoms with E-state index >= 15 is 0 Å². The van der Waals surface area contributed by atoms with E-state index in [0.29, 0.717) is 11.3 Å². The molecule has 154 valence electrons. The van der Waals surface area contributed by atoms with Crippen LogP contribution < -0.4 is 9.75 Å². The Morgan fingerprint density at radius 2 is 1.93 bits per heavy atom. The third kappa shape index (κ3) is 3.90. The van der Waals surface area contributed by atoms with Gasteiger partial charge in [-0.2, -0.15) is 23.3 Å². The summed E-state index contributed by atoms with van der Waals surface area (Å²) in [6.45, 7) is 0.125. The van der Waals surface area contributed by atoms with Gasteiger partial charge in [-0.15, -0.1) is 0 Å². The number of rotatable bonds is 5. The molecule has 2 heterocycles. The topological polar surface area (TPSA) is 67.2 Å². The van der Waals surface area contributed by atoms with Crippen molar-refractivity contribution in [3.8, 4) is 5.75 Å². The van der Waals surface area contributed by atoms with Gasteiger partial charge < -0.3 is 4.74 Å². The summed E-state index contributed by atoms with van der Waals surface area (Å²) in [4.78, 5) is 21.0. The average Bonchev–Trinajstić information content (AvgIpc) is 3.29. The Kier molecular flexibility index (Phi) is 5.25. The minimum Gasteiger partial charge on any atom is -0.497 e. The van der Waals surface area contributed by atoms with Crippen molar-refractivity contribution < 1.29 is 22.7 Å². The molecule has 0 fully saturated rings. The lowest BCUT2D eigenvalue weighted by atomic mass is 10.0. The van der Waals surface area contributed by atoms with Crippen molar-refractivity contribution >= 4 is 44.5 Å². The highest BCUT2D eigenvalue weighted by Gasteiger charge is 2.50. The van der Waals surface area contributed by atoms with E-state index in [2.05, 4.69) is 15.1 Å². The number of alkyl halides is 3. The summed E-state index contributed by atoms with van der Waals surface area (Å²) in [5, 5.41) is 4.36. The van der Waals surface area contributed by atoms with Crippen molar-refractivity contribution in [3.63, 3.8) is 0 Å². The number of carbonyl (C=O) groups excluding carboxylic acids is 1. The minimum atomic E-state index is -4.77. The average molecular weight is 432 g/mol. The maximum Gasteiger partial charge on any atom is 0.432 e. The lowest BCUT2D eigenvalue weighted by Crippen LogP contribution is -2.34. The Morgan fingerprint density at radius 1 is 1.20 bits per heavy atom. The van der Waals surface area contributed by atoms with Gasteiger partial charge in [0.25, 0.3) is 5.91 Å². The zero-order chi connectivity index (χ0) is 21.3. The molecule has 6 nitrogen and oxygen atoms in total. The number of aromatic nitrogens is 1. The lowest BCUT2D eigenvalue weighted by molar-refractivity contribution is -0.119. The van der Waals surface area contributed by atoms with Crippen LogP contribution in [0.25, 0.3) is 10.2 Å². The number of amides is 1. The zero-order valence-electron chi connectivity index (χ0n) is 15.6. The van der Waals surface area contributed by atoms with Gasteiger partial charge in [0.2, 0.25) is 5.13 Å². The summed E-state index contributed by atoms with van der Waals surface area (Å²) in [6, 6.07) is 14.0. The van der Waals surface area contributed by atoms with Gasteiger partial charge in [0.1, 0.15) is 11.7 Å². The second kappa shape index (κ2) is 7.86. The number of hydrogen-bond donors (Lipinski definition) is 0. The number of hydrazone groups is 1. The van der Waals surface area contributed by atoms with E-state index in [4.69, 9.17) is 4.74 Å². The van der Waals surface area contributed by atoms with Crippen molar-refractivity contribution in [2.24, 2.45) is 16.0 Å². The van der Waals surface area contributed by atoms with Crippen molar-refractivity contribution in [3.05, 3.63) is 54.1 Å². The van der Waals surface area contributed by atoms with E-state index < -0.39 is 23.7 Å². The van der Waals surface area contributed by atoms with Gasteiger partial charge in [-0.05, 0) is 29.8 Å². The Morgan fingerprint density at radius 3 is 2.60 bits per heavy atom. The fourth-order valence-corrected chi connectivity index (χ4v) is 3.84. The second-order valence-electron chi connectivity index (χ2n) is 6.41. The van der Waals surface area contributed by atoms with E-state index in [9.17, 15) is 18.0 Å². The Labute approximate surface area is 173 Å². The summed E-state index contributed by atoms with van der Waals surface area (Å²) in [7, 11) is 1.54. The predicted molar refractivity (Wildman–Crippen MR) is 109 cm³/mol. The first-order valence-electron chi connectivity index (χ1n) is 8.85. The third-order valence-electron chi connectivity index (χ3n) is 4.42. The number of thiazole rings is 1. The summed E-state index contributed by atoms with van der Waals surface area (Å²) in [6.07, 6.45) is -3.76. The van der Waals surface area contributed by atoms with E-state index in [1.54, 1.807) is 48.5 Å². The Bertz CT molecular complexity index is 1110. The molecule has 0 radical (unpaired) electrons. The molecule has 0 N–H and O–H groups in total. The molecule has 30 heavy (non-hydrogen) atoms. The molecule has 1 aliphatic heterocycles. The number of halogens is 3. The molecule has 0 aliphatic carbocycles. The van der Waals surface area contributed by atoms with Gasteiger partial charge in [-0.3, -0.25) is 9.79 Å². The maximum absolute atomic E-state index is 13.5. The molecule has 1 aromatic heterocycles. The van der Waals surface area contributed by atoms with Crippen LogP contribution in [0.4, 0.5) is 18.3 Å². The molecular weight excluding hydrogens is 417 g/mol. The van der Waals surface area contributed by atoms with Crippen LogP contribution in [0.2, 0.25) is 0 Å². The molecule has 0 saturated heterocycles. The third-order valence-corrected chi connectivity index (χ3v) is 5.43. The number of hydrogen-bond acceptors (Lipinski definition) is 6. The molecule has 0 bridgehead atoms. The monoisotopic (exact) mass is 432 g/mol. The number of methoxy groups -OCH3 is 1. The zero-order valence-corrected chi connectivity index (χ0v) is 16.4. The van der Waals surface area contributed by atoms with Crippen molar-refractivity contribution in [2.75, 3.05) is 12.1 Å². The van der Waals surface area contributed by atoms with Crippen LogP contribution in [-0.4, -0.2) is 36.1 Å². The molecule has 2 aromatic carbocycles. The summed E-state index contributed by atoms with van der Waals surface area (Å²) >= 11 is 1.10. The number of nitrogens with zero attached hydrogens (tertiary/aromatic N) is 4. The molecule has 4 rings (SSSR count). The van der Waals surface area contributed by atoms with Crippen LogP contribution in [-0.2, 0) is 11.3 Å². The predicted octanol–water partition coefficient (Wildman–Crippen LogP) is 4.46. The van der Waals surface area contributed by atoms with Gasteiger partial charge in [0, 0.05) is 6.21 Å². The number of anilines is 1. The van der Waals surface area contributed by atoms with E-state index in [1.807, 2.05) is 0 Å². The number of benzene rings is 2. The van der Waals surface area contributed by atoms with Crippen LogP contribution >= 0.6 is 11.3 Å². The number of ether oxygens (including phenoxy) is 1. The second-order valence-corrected chi connectivity index (χ2v) is 7.42. The molecule has 0 saturated carbocycles. The molecular formula is C20H15F3N4O2S. The van der Waals surface area contributed by atoms with E-state index in [1.165, 1.54) is 7.11 Å². The summed E-state index contributed by atoms with van der Waals surface area (Å²) in [5.41, 5.74) is 0.155. The lowest BCUT2D eigenvalue weighted by Gasteiger charge is -2.09. The normalized spacial score (nSPS) is 17.2. The standard InChI is InChI=1S/C20H15F3N4O2S/c1-29-13-8-6-12(7-9-13)10-24-11-14-17(20(21,22)23)26-27(18(14)28)19-25-15-4-2-3-5-16(15)30-19/h2-9,11,14H,10H2,1H3/t14-/m1/s1. The largest absolute Gasteiger partial charge is 0.497 e. The Balaban J connectivity index is 1.58. The molecule has 0 spiro atoms. The maximum atomic E-state index is 13.5. The SMILES string of the molecule is COc1ccc(CN=C[C@H]2C(=O)N(c3nc4ccccc4s3)N=C2C(F)(F)F)cc1. The number of para-hydroxylation sites is 1. The van der Waals surface area contributed by atoms with Gasteiger partial charge in [-0.1, -0.05) is 35.6 Å². The summed E-state index contributed by atoms with van der Waals surface area (Å²) in [5.74, 6) is -1.79. The first kappa shape index (κ1) is 20.0. The first-order chi connectivity index (χ1) is 14.4. The quantitative estimate of drug-likeness (QED) is 0.559. The summed E-state index contributed by atoms with van der Waals surface area (Å²) < 4.78 is 46.3. The van der Waals surface area contributed by atoms with Crippen LogP contribution in [0.3, 0.4) is 0 Å². The molecule has 1 amide bonds. The van der Waals surface area contributed by atoms with Gasteiger partial charge >= 0.3 is 6.18 Å². The minimum absolute atomic E-state index is 0.0917. The van der Waals surface area contributed by atoms with Gasteiger partial charge in [0.15, 0.2) is 5.71 Å². The fourth-order valence-electron chi connectivity index (χ4n) is 2.92. The highest BCUT2D eigenvalue weighted by atomic mass is 32.1. The first-order valence-corrected chi connectivity index (χ1v) is 9.66. The van der Waals surface area contributed by atoms with Crippen molar-refractivity contribution in [1.82, 2.24) is 4.98 Å².